The minimum atomic E-state index is -3.89. The van der Waals surface area contributed by atoms with Gasteiger partial charge in [0.1, 0.15) is 0 Å². The molecular weight excluding hydrogens is 439 g/mol. The van der Waals surface area contributed by atoms with E-state index in [1.165, 1.54) is 44.5 Å². The summed E-state index contributed by atoms with van der Waals surface area (Å²) in [5.41, 5.74) is 3.33. The molecule has 2 rings (SSSR count). The third-order valence-corrected chi connectivity index (χ3v) is 6.15. The van der Waals surface area contributed by atoms with Crippen molar-refractivity contribution in [2.75, 3.05) is 18.9 Å². The molecule has 0 radical (unpaired) electrons. The quantitative estimate of drug-likeness (QED) is 0.492. The van der Waals surface area contributed by atoms with Crippen molar-refractivity contribution in [1.29, 1.82) is 0 Å². The Labute approximate surface area is 178 Å². The van der Waals surface area contributed by atoms with Gasteiger partial charge in [-0.2, -0.15) is 9.41 Å². The molecule has 154 valence electrons. The molecule has 0 spiro atoms. The number of likely N-dealkylation sites (N-methyl/N-ethyl adjacent to an activating group) is 1. The molecule has 2 N–H and O–H groups in total. The molecule has 0 saturated carbocycles. The second-order valence-corrected chi connectivity index (χ2v) is 8.79. The van der Waals surface area contributed by atoms with E-state index in [1.807, 2.05) is 0 Å². The van der Waals surface area contributed by atoms with Crippen LogP contribution in [0.2, 0.25) is 10.0 Å². The minimum absolute atomic E-state index is 0.0128. The molecule has 0 saturated heterocycles. The summed E-state index contributed by atoms with van der Waals surface area (Å²) >= 11 is 11.7. The van der Waals surface area contributed by atoms with E-state index in [-0.39, 0.29) is 10.8 Å². The van der Waals surface area contributed by atoms with Crippen LogP contribution in [0.25, 0.3) is 0 Å². The van der Waals surface area contributed by atoms with Gasteiger partial charge in [-0.1, -0.05) is 29.3 Å². The summed E-state index contributed by atoms with van der Waals surface area (Å²) in [7, 11) is -2.61. The number of halogens is 2. The molecule has 0 aliphatic rings. The Morgan fingerprint density at radius 1 is 1.10 bits per heavy atom. The number of hydrogen-bond acceptors (Lipinski definition) is 5. The second-order valence-electron chi connectivity index (χ2n) is 5.93. The number of amides is 2. The van der Waals surface area contributed by atoms with Crippen LogP contribution in [0, 0.1) is 0 Å². The third kappa shape index (κ3) is 6.53. The topological polar surface area (TPSA) is 108 Å². The predicted octanol–water partition coefficient (Wildman–Crippen LogP) is 2.72. The highest BCUT2D eigenvalue weighted by Gasteiger charge is 2.22. The van der Waals surface area contributed by atoms with E-state index in [2.05, 4.69) is 15.8 Å². The van der Waals surface area contributed by atoms with Gasteiger partial charge in [-0.05, 0) is 42.0 Å². The normalized spacial score (nSPS) is 11.6. The summed E-state index contributed by atoms with van der Waals surface area (Å²) < 4.78 is 26.0. The lowest BCUT2D eigenvalue weighted by molar-refractivity contribution is -0.121. The first-order valence-electron chi connectivity index (χ1n) is 8.20. The van der Waals surface area contributed by atoms with Gasteiger partial charge < -0.3 is 5.32 Å². The van der Waals surface area contributed by atoms with Crippen LogP contribution in [0.3, 0.4) is 0 Å². The molecule has 2 aromatic rings. The lowest BCUT2D eigenvalue weighted by Gasteiger charge is -2.16. The summed E-state index contributed by atoms with van der Waals surface area (Å²) in [6.45, 7) is 0.912. The van der Waals surface area contributed by atoms with Gasteiger partial charge in [0.15, 0.2) is 0 Å². The maximum Gasteiger partial charge on any atom is 0.255 e. The number of nitrogens with zero attached hydrogens (tertiary/aromatic N) is 2. The van der Waals surface area contributed by atoms with Gasteiger partial charge in [-0.3, -0.25) is 9.59 Å². The average Bonchev–Trinajstić information content (AvgIpc) is 2.64. The first-order chi connectivity index (χ1) is 13.6. The second kappa shape index (κ2) is 9.84. The van der Waals surface area contributed by atoms with Gasteiger partial charge in [0.25, 0.3) is 5.91 Å². The standard InChI is InChI=1S/C18H18Cl2N4O4S/c1-12(25)22-14-4-6-15(7-5-14)29(27,28)24(2)11-18(26)23-21-10-13-3-8-16(19)17(20)9-13/h3-10H,11H2,1-2H3,(H,22,25)(H,23,26)/b21-10-. The Morgan fingerprint density at radius 2 is 1.76 bits per heavy atom. The van der Waals surface area contributed by atoms with Crippen LogP contribution in [0.1, 0.15) is 12.5 Å². The van der Waals surface area contributed by atoms with Crippen LogP contribution in [0.5, 0.6) is 0 Å². The highest BCUT2D eigenvalue weighted by atomic mass is 35.5. The smallest absolute Gasteiger partial charge is 0.255 e. The van der Waals surface area contributed by atoms with Crippen LogP contribution in [0.15, 0.2) is 52.5 Å². The molecule has 2 amide bonds. The Bertz CT molecular complexity index is 1040. The number of anilines is 1. The fourth-order valence-electron chi connectivity index (χ4n) is 2.19. The highest BCUT2D eigenvalue weighted by molar-refractivity contribution is 7.89. The number of carbonyl (C=O) groups is 2. The maximum absolute atomic E-state index is 12.6. The van der Waals surface area contributed by atoms with E-state index in [0.29, 0.717) is 21.3 Å². The predicted molar refractivity (Wildman–Crippen MR) is 113 cm³/mol. The summed E-state index contributed by atoms with van der Waals surface area (Å²) in [5.74, 6) is -0.891. The lowest BCUT2D eigenvalue weighted by atomic mass is 10.2. The number of hydrogen-bond donors (Lipinski definition) is 2. The van der Waals surface area contributed by atoms with E-state index in [1.54, 1.807) is 18.2 Å². The van der Waals surface area contributed by atoms with Crippen LogP contribution < -0.4 is 10.7 Å². The van der Waals surface area contributed by atoms with Crippen molar-refractivity contribution < 1.29 is 18.0 Å². The van der Waals surface area contributed by atoms with Crippen molar-refractivity contribution in [3.05, 3.63) is 58.1 Å². The number of nitrogens with one attached hydrogen (secondary N) is 2. The van der Waals surface area contributed by atoms with Gasteiger partial charge in [0.05, 0.1) is 27.7 Å². The molecule has 8 nitrogen and oxygen atoms in total. The monoisotopic (exact) mass is 456 g/mol. The van der Waals surface area contributed by atoms with Crippen LogP contribution in [0.4, 0.5) is 5.69 Å². The Balaban J connectivity index is 1.97. The van der Waals surface area contributed by atoms with Crippen LogP contribution in [-0.2, 0) is 19.6 Å². The number of sulfonamides is 1. The molecular formula is C18H18Cl2N4O4S. The van der Waals surface area contributed by atoms with Crippen LogP contribution >= 0.6 is 23.2 Å². The molecule has 0 atom stereocenters. The number of carbonyl (C=O) groups excluding carboxylic acids is 2. The van der Waals surface area contributed by atoms with E-state index in [4.69, 9.17) is 23.2 Å². The highest BCUT2D eigenvalue weighted by Crippen LogP contribution is 2.21. The SMILES string of the molecule is CC(=O)Nc1ccc(S(=O)(=O)N(C)CC(=O)N/N=C\c2ccc(Cl)c(Cl)c2)cc1. The van der Waals surface area contributed by atoms with Crippen molar-refractivity contribution in [2.45, 2.75) is 11.8 Å². The molecule has 0 bridgehead atoms. The largest absolute Gasteiger partial charge is 0.326 e. The van der Waals surface area contributed by atoms with E-state index in [9.17, 15) is 18.0 Å². The Morgan fingerprint density at radius 3 is 2.34 bits per heavy atom. The fraction of sp³-hybridized carbons (Fsp3) is 0.167. The van der Waals surface area contributed by atoms with Crippen molar-refractivity contribution >= 4 is 56.9 Å². The molecule has 29 heavy (non-hydrogen) atoms. The van der Waals surface area contributed by atoms with Crippen molar-refractivity contribution in [2.24, 2.45) is 5.10 Å². The zero-order valence-electron chi connectivity index (χ0n) is 15.5. The number of benzene rings is 2. The molecule has 0 aliphatic heterocycles. The molecule has 0 fully saturated rings. The molecule has 0 aliphatic carbocycles. The zero-order chi connectivity index (χ0) is 21.6. The maximum atomic E-state index is 12.6. The fourth-order valence-corrected chi connectivity index (χ4v) is 3.62. The molecule has 2 aromatic carbocycles. The lowest BCUT2D eigenvalue weighted by Crippen LogP contribution is -2.36. The summed E-state index contributed by atoms with van der Waals surface area (Å²) in [6, 6.07) is 10.4. The van der Waals surface area contributed by atoms with Gasteiger partial charge in [0, 0.05) is 19.7 Å². The first-order valence-corrected chi connectivity index (χ1v) is 10.4. The molecule has 0 aromatic heterocycles. The Hall–Kier alpha value is -2.46. The van der Waals surface area contributed by atoms with Gasteiger partial charge in [-0.25, -0.2) is 13.8 Å². The van der Waals surface area contributed by atoms with E-state index in [0.717, 1.165) is 4.31 Å². The third-order valence-electron chi connectivity index (χ3n) is 3.60. The summed E-state index contributed by atoms with van der Waals surface area (Å²) in [6.07, 6.45) is 1.36. The van der Waals surface area contributed by atoms with Crippen molar-refractivity contribution in [1.82, 2.24) is 9.73 Å². The van der Waals surface area contributed by atoms with Gasteiger partial charge >= 0.3 is 0 Å². The minimum Gasteiger partial charge on any atom is -0.326 e. The summed E-state index contributed by atoms with van der Waals surface area (Å²) in [4.78, 5) is 23.0. The Kier molecular flexibility index (Phi) is 7.74. The van der Waals surface area contributed by atoms with Crippen molar-refractivity contribution in [3.8, 4) is 0 Å². The van der Waals surface area contributed by atoms with E-state index >= 15 is 0 Å². The molecule has 0 heterocycles. The number of hydrazone groups is 1. The first kappa shape index (κ1) is 22.8. The molecule has 0 unspecified atom stereocenters. The van der Waals surface area contributed by atoms with E-state index < -0.39 is 22.5 Å². The van der Waals surface area contributed by atoms with Gasteiger partial charge in [-0.15, -0.1) is 0 Å². The van der Waals surface area contributed by atoms with Crippen LogP contribution in [-0.4, -0.2) is 44.3 Å². The summed E-state index contributed by atoms with van der Waals surface area (Å²) in [5, 5.41) is 7.05. The molecule has 11 heteroatoms. The number of rotatable bonds is 7. The van der Waals surface area contributed by atoms with Crippen molar-refractivity contribution in [3.63, 3.8) is 0 Å². The van der Waals surface area contributed by atoms with Gasteiger partial charge in [0.2, 0.25) is 15.9 Å². The average molecular weight is 457 g/mol. The zero-order valence-corrected chi connectivity index (χ0v) is 17.8.